The van der Waals surface area contributed by atoms with E-state index in [9.17, 15) is 0 Å². The highest BCUT2D eigenvalue weighted by Gasteiger charge is 2.19. The van der Waals surface area contributed by atoms with E-state index < -0.39 is 0 Å². The molecule has 0 fully saturated rings. The molecule has 5 nitrogen and oxygen atoms in total. The number of benzene rings is 4. The van der Waals surface area contributed by atoms with E-state index in [1.807, 2.05) is 12.3 Å². The molecule has 5 heteroatoms. The van der Waals surface area contributed by atoms with Gasteiger partial charge in [0.2, 0.25) is 0 Å². The fourth-order valence-corrected chi connectivity index (χ4v) is 6.18. The third-order valence-corrected chi connectivity index (χ3v) is 8.08. The van der Waals surface area contributed by atoms with E-state index in [2.05, 4.69) is 134 Å². The largest absolute Gasteiger partial charge is 0.457 e. The van der Waals surface area contributed by atoms with Crippen LogP contribution in [0.1, 0.15) is 36.4 Å². The summed E-state index contributed by atoms with van der Waals surface area (Å²) in [6, 6.07) is 35.9. The van der Waals surface area contributed by atoms with Crippen LogP contribution in [-0.4, -0.2) is 19.3 Å². The van der Waals surface area contributed by atoms with Crippen LogP contribution in [0.3, 0.4) is 0 Å². The van der Waals surface area contributed by atoms with Crippen LogP contribution >= 0.6 is 0 Å². The monoisotopic (exact) mass is 562 g/mol. The third-order valence-electron chi connectivity index (χ3n) is 8.08. The van der Waals surface area contributed by atoms with Crippen LogP contribution in [0.15, 0.2) is 109 Å². The minimum absolute atomic E-state index is 0.774. The Bertz CT molecular complexity index is 2100. The van der Waals surface area contributed by atoms with Crippen LogP contribution in [0, 0.1) is 13.8 Å². The fourth-order valence-electron chi connectivity index (χ4n) is 6.18. The number of fused-ring (bicyclic) bond motifs is 3. The summed E-state index contributed by atoms with van der Waals surface area (Å²) in [6.07, 6.45) is 3.60. The molecule has 43 heavy (non-hydrogen) atoms. The Morgan fingerprint density at radius 2 is 1.47 bits per heavy atom. The highest BCUT2D eigenvalue weighted by Crippen LogP contribution is 2.36. The number of para-hydroxylation sites is 1. The van der Waals surface area contributed by atoms with Crippen molar-refractivity contribution in [3.63, 3.8) is 0 Å². The second-order valence-corrected chi connectivity index (χ2v) is 11.1. The maximum absolute atomic E-state index is 6.59. The number of pyridine rings is 1. The van der Waals surface area contributed by atoms with Gasteiger partial charge in [-0.15, -0.1) is 0 Å². The molecule has 7 aromatic rings. The number of rotatable bonds is 7. The number of ether oxygens (including phenoxy) is 1. The average Bonchev–Trinajstić information content (AvgIpc) is 3.57. The summed E-state index contributed by atoms with van der Waals surface area (Å²) >= 11 is 0. The molecule has 212 valence electrons. The van der Waals surface area contributed by atoms with Gasteiger partial charge in [-0.1, -0.05) is 62.4 Å². The van der Waals surface area contributed by atoms with Gasteiger partial charge in [-0.3, -0.25) is 4.57 Å². The molecular formula is C38H34N4O. The fraction of sp³-hybridized carbons (Fsp3) is 0.158. The zero-order valence-corrected chi connectivity index (χ0v) is 25.0. The zero-order chi connectivity index (χ0) is 29.5. The van der Waals surface area contributed by atoms with E-state index in [4.69, 9.17) is 14.8 Å². The first-order valence-electron chi connectivity index (χ1n) is 15.0. The smallest absolute Gasteiger partial charge is 0.137 e. The molecule has 4 aromatic carbocycles. The van der Waals surface area contributed by atoms with Gasteiger partial charge in [-0.25, -0.2) is 9.67 Å². The SMILES string of the molecule is CCc1nn(-c2cc(C)cc(Oc3ccc4c5ccccc5n(-c5cc(C)ccn5)c4c3)c2)c(CC)c1-c1ccccc1. The Labute approximate surface area is 252 Å². The molecular weight excluding hydrogens is 528 g/mol. The van der Waals surface area contributed by atoms with E-state index in [-0.39, 0.29) is 0 Å². The van der Waals surface area contributed by atoms with Crippen LogP contribution < -0.4 is 4.74 Å². The zero-order valence-electron chi connectivity index (χ0n) is 25.0. The molecule has 0 bridgehead atoms. The molecule has 0 amide bonds. The van der Waals surface area contributed by atoms with Gasteiger partial charge in [0.25, 0.3) is 0 Å². The maximum Gasteiger partial charge on any atom is 0.137 e. The lowest BCUT2D eigenvalue weighted by molar-refractivity contribution is 0.482. The van der Waals surface area contributed by atoms with E-state index in [1.165, 1.54) is 33.2 Å². The van der Waals surface area contributed by atoms with Crippen molar-refractivity contribution in [1.82, 2.24) is 19.3 Å². The highest BCUT2D eigenvalue weighted by atomic mass is 16.5. The van der Waals surface area contributed by atoms with Gasteiger partial charge in [0.1, 0.15) is 17.3 Å². The van der Waals surface area contributed by atoms with Gasteiger partial charge in [-0.05, 0) is 85.8 Å². The topological polar surface area (TPSA) is 44.9 Å². The van der Waals surface area contributed by atoms with Gasteiger partial charge in [0.15, 0.2) is 0 Å². The van der Waals surface area contributed by atoms with Crippen molar-refractivity contribution in [3.05, 3.63) is 132 Å². The Morgan fingerprint density at radius 3 is 2.26 bits per heavy atom. The lowest BCUT2D eigenvalue weighted by Gasteiger charge is -2.13. The molecule has 0 aliphatic rings. The first-order chi connectivity index (χ1) is 21.0. The summed E-state index contributed by atoms with van der Waals surface area (Å²) in [6.45, 7) is 8.57. The minimum Gasteiger partial charge on any atom is -0.457 e. The van der Waals surface area contributed by atoms with Crippen molar-refractivity contribution in [3.8, 4) is 34.1 Å². The van der Waals surface area contributed by atoms with Crippen LogP contribution in [0.4, 0.5) is 0 Å². The number of hydrogen-bond donors (Lipinski definition) is 0. The molecule has 0 spiro atoms. The number of nitrogens with zero attached hydrogens (tertiary/aromatic N) is 4. The first kappa shape index (κ1) is 26.7. The van der Waals surface area contributed by atoms with E-state index in [0.717, 1.165) is 58.1 Å². The molecule has 3 heterocycles. The molecule has 0 unspecified atom stereocenters. The second-order valence-electron chi connectivity index (χ2n) is 11.1. The quantitative estimate of drug-likeness (QED) is 0.194. The van der Waals surface area contributed by atoms with Crippen LogP contribution in [0.25, 0.3) is 44.4 Å². The molecule has 0 saturated heterocycles. The lowest BCUT2D eigenvalue weighted by atomic mass is 10.0. The van der Waals surface area contributed by atoms with Gasteiger partial charge >= 0.3 is 0 Å². The van der Waals surface area contributed by atoms with Crippen molar-refractivity contribution in [2.45, 2.75) is 40.5 Å². The minimum atomic E-state index is 0.774. The predicted octanol–water partition coefficient (Wildman–Crippen LogP) is 9.57. The lowest BCUT2D eigenvalue weighted by Crippen LogP contribution is -2.03. The Kier molecular flexibility index (Phi) is 6.78. The second kappa shape index (κ2) is 10.9. The summed E-state index contributed by atoms with van der Waals surface area (Å²) in [7, 11) is 0. The molecule has 7 rings (SSSR count). The van der Waals surface area contributed by atoms with Gasteiger partial charge in [-0.2, -0.15) is 5.10 Å². The molecule has 0 aliphatic carbocycles. The average molecular weight is 563 g/mol. The normalized spacial score (nSPS) is 11.4. The van der Waals surface area contributed by atoms with E-state index in [0.29, 0.717) is 0 Å². The van der Waals surface area contributed by atoms with Crippen molar-refractivity contribution < 1.29 is 4.74 Å². The van der Waals surface area contributed by atoms with Crippen molar-refractivity contribution >= 4 is 21.8 Å². The van der Waals surface area contributed by atoms with Crippen molar-refractivity contribution in [2.75, 3.05) is 0 Å². The molecule has 0 atom stereocenters. The highest BCUT2D eigenvalue weighted by molar-refractivity contribution is 6.09. The molecule has 3 aromatic heterocycles. The van der Waals surface area contributed by atoms with Gasteiger partial charge in [0, 0.05) is 34.7 Å². The summed E-state index contributed by atoms with van der Waals surface area (Å²) in [5.41, 5.74) is 10.2. The van der Waals surface area contributed by atoms with Gasteiger partial charge in [0.05, 0.1) is 28.1 Å². The maximum atomic E-state index is 6.59. The molecule has 0 radical (unpaired) electrons. The van der Waals surface area contributed by atoms with Crippen LogP contribution in [0.2, 0.25) is 0 Å². The molecule has 0 aliphatic heterocycles. The predicted molar refractivity (Wildman–Crippen MR) is 176 cm³/mol. The standard InChI is InChI=1S/C38H34N4O/c1-5-33-38(27-12-8-7-9-13-27)34(6-2)42(40-33)28-20-26(4)21-30(23-28)43-29-16-17-32-31-14-10-11-15-35(31)41(36(32)24-29)37-22-25(3)18-19-39-37/h7-24H,5-6H2,1-4H3. The van der Waals surface area contributed by atoms with E-state index >= 15 is 0 Å². The summed E-state index contributed by atoms with van der Waals surface area (Å²) in [5.74, 6) is 2.45. The number of aromatic nitrogens is 4. The Hall–Kier alpha value is -5.16. The number of aryl methyl sites for hydroxylation is 3. The third kappa shape index (κ3) is 4.77. The van der Waals surface area contributed by atoms with Crippen molar-refractivity contribution in [1.29, 1.82) is 0 Å². The summed E-state index contributed by atoms with van der Waals surface area (Å²) in [5, 5.41) is 7.46. The van der Waals surface area contributed by atoms with Crippen LogP contribution in [0.5, 0.6) is 11.5 Å². The first-order valence-corrected chi connectivity index (χ1v) is 15.0. The summed E-state index contributed by atoms with van der Waals surface area (Å²) < 4.78 is 10.9. The van der Waals surface area contributed by atoms with Gasteiger partial charge < -0.3 is 4.74 Å². The van der Waals surface area contributed by atoms with E-state index in [1.54, 1.807) is 0 Å². The Morgan fingerprint density at radius 1 is 0.674 bits per heavy atom. The Balaban J connectivity index is 1.32. The van der Waals surface area contributed by atoms with Crippen molar-refractivity contribution in [2.24, 2.45) is 0 Å². The summed E-state index contributed by atoms with van der Waals surface area (Å²) in [4.78, 5) is 4.72. The van der Waals surface area contributed by atoms with Crippen LogP contribution in [-0.2, 0) is 12.8 Å². The molecule has 0 N–H and O–H groups in total. The molecule has 0 saturated carbocycles. The number of hydrogen-bond acceptors (Lipinski definition) is 3.